The molecule has 3 rings (SSSR count). The van der Waals surface area contributed by atoms with E-state index in [1.807, 2.05) is 0 Å². The zero-order valence-electron chi connectivity index (χ0n) is 12.9. The number of piperidine rings is 1. The molecule has 0 bridgehead atoms. The van der Waals surface area contributed by atoms with Crippen LogP contribution in [0.5, 0.6) is 0 Å². The van der Waals surface area contributed by atoms with Crippen LogP contribution in [0.25, 0.3) is 11.1 Å². The van der Waals surface area contributed by atoms with Gasteiger partial charge < -0.3 is 4.42 Å². The minimum absolute atomic E-state index is 0.212. The Morgan fingerprint density at radius 1 is 1.23 bits per heavy atom. The Bertz CT molecular complexity index is 855. The van der Waals surface area contributed by atoms with E-state index in [0.29, 0.717) is 36.0 Å². The number of fused-ring (bicyclic) bond motifs is 1. The highest BCUT2D eigenvalue weighted by Gasteiger charge is 2.32. The number of aromatic amines is 1. The molecule has 0 radical (unpaired) electrons. The van der Waals surface area contributed by atoms with Crippen molar-refractivity contribution in [1.82, 2.24) is 9.29 Å². The Labute approximate surface area is 129 Å². The number of benzene rings is 1. The number of sulfonamides is 1. The zero-order chi connectivity index (χ0) is 16.1. The van der Waals surface area contributed by atoms with Crippen molar-refractivity contribution < 1.29 is 12.8 Å². The fourth-order valence-corrected chi connectivity index (χ4v) is 5.21. The van der Waals surface area contributed by atoms with Crippen LogP contribution in [0.1, 0.15) is 25.8 Å². The van der Waals surface area contributed by atoms with E-state index in [-0.39, 0.29) is 10.5 Å². The molecule has 2 atom stereocenters. The van der Waals surface area contributed by atoms with E-state index in [4.69, 9.17) is 4.42 Å². The number of oxazole rings is 1. The molecular formula is C15H20N2O4S. The average molecular weight is 324 g/mol. The molecule has 120 valence electrons. The van der Waals surface area contributed by atoms with Gasteiger partial charge in [0.2, 0.25) is 10.0 Å². The molecule has 2 heterocycles. The monoisotopic (exact) mass is 324 g/mol. The standard InChI is InChI=1S/C15H20N2O4S/c1-9-4-10(2)8-17(7-9)22(19,20)14-6-13-12(5-11(14)3)16-15(18)21-13/h5-6,9-10H,4,7-8H2,1-3H3,(H,16,18). The van der Waals surface area contributed by atoms with Crippen LogP contribution in [-0.2, 0) is 10.0 Å². The Balaban J connectivity index is 2.08. The average Bonchev–Trinajstić information content (AvgIpc) is 2.75. The fourth-order valence-electron chi connectivity index (χ4n) is 3.31. The van der Waals surface area contributed by atoms with Gasteiger partial charge in [-0.25, -0.2) is 13.2 Å². The van der Waals surface area contributed by atoms with Crippen LogP contribution in [0.3, 0.4) is 0 Å². The maximum absolute atomic E-state index is 12.9. The lowest BCUT2D eigenvalue weighted by Gasteiger charge is -2.34. The van der Waals surface area contributed by atoms with Crippen LogP contribution in [0.2, 0.25) is 0 Å². The first-order chi connectivity index (χ1) is 10.3. The van der Waals surface area contributed by atoms with E-state index in [0.717, 1.165) is 6.42 Å². The molecule has 2 aromatic rings. The predicted octanol–water partition coefficient (Wildman–Crippen LogP) is 2.10. The molecule has 7 heteroatoms. The molecule has 1 saturated heterocycles. The van der Waals surface area contributed by atoms with E-state index in [1.165, 1.54) is 6.07 Å². The number of nitrogens with zero attached hydrogens (tertiary/aromatic N) is 1. The molecule has 1 N–H and O–H groups in total. The van der Waals surface area contributed by atoms with Gasteiger partial charge in [0.1, 0.15) is 0 Å². The normalized spacial score (nSPS) is 24.0. The molecular weight excluding hydrogens is 304 g/mol. The van der Waals surface area contributed by atoms with Crippen LogP contribution in [0.15, 0.2) is 26.2 Å². The third kappa shape index (κ3) is 2.59. The molecule has 0 saturated carbocycles. The molecule has 1 aromatic carbocycles. The Hall–Kier alpha value is -1.60. The number of rotatable bonds is 2. The molecule has 6 nitrogen and oxygen atoms in total. The van der Waals surface area contributed by atoms with Crippen molar-refractivity contribution >= 4 is 21.1 Å². The summed E-state index contributed by atoms with van der Waals surface area (Å²) in [4.78, 5) is 14.0. The van der Waals surface area contributed by atoms with Crippen molar-refractivity contribution in [2.24, 2.45) is 11.8 Å². The third-order valence-electron chi connectivity index (χ3n) is 4.17. The summed E-state index contributed by atoms with van der Waals surface area (Å²) in [5, 5.41) is 0. The SMILES string of the molecule is Cc1cc2[nH]c(=O)oc2cc1S(=O)(=O)N1CC(C)CC(C)C1. The Kier molecular flexibility index (Phi) is 3.65. The van der Waals surface area contributed by atoms with Gasteiger partial charge in [-0.3, -0.25) is 4.98 Å². The van der Waals surface area contributed by atoms with Gasteiger partial charge in [-0.15, -0.1) is 0 Å². The fraction of sp³-hybridized carbons (Fsp3) is 0.533. The second kappa shape index (κ2) is 5.24. The van der Waals surface area contributed by atoms with Crippen molar-refractivity contribution in [3.8, 4) is 0 Å². The molecule has 0 spiro atoms. The molecule has 0 aliphatic carbocycles. The number of aromatic nitrogens is 1. The van der Waals surface area contributed by atoms with Gasteiger partial charge in [-0.1, -0.05) is 13.8 Å². The van der Waals surface area contributed by atoms with Gasteiger partial charge >= 0.3 is 5.76 Å². The Morgan fingerprint density at radius 3 is 2.50 bits per heavy atom. The topological polar surface area (TPSA) is 83.4 Å². The largest absolute Gasteiger partial charge is 0.417 e. The van der Waals surface area contributed by atoms with Crippen molar-refractivity contribution in [2.75, 3.05) is 13.1 Å². The first-order valence-corrected chi connectivity index (χ1v) is 8.85. The van der Waals surface area contributed by atoms with Crippen molar-refractivity contribution in [2.45, 2.75) is 32.1 Å². The summed E-state index contributed by atoms with van der Waals surface area (Å²) in [6.45, 7) is 6.93. The van der Waals surface area contributed by atoms with Crippen LogP contribution >= 0.6 is 0 Å². The van der Waals surface area contributed by atoms with E-state index in [9.17, 15) is 13.2 Å². The van der Waals surface area contributed by atoms with Crippen molar-refractivity contribution in [3.05, 3.63) is 28.2 Å². The summed E-state index contributed by atoms with van der Waals surface area (Å²) in [7, 11) is -3.58. The molecule has 0 amide bonds. The molecule has 1 aliphatic rings. The van der Waals surface area contributed by atoms with E-state index in [2.05, 4.69) is 18.8 Å². The third-order valence-corrected chi connectivity index (χ3v) is 6.14. The minimum atomic E-state index is -3.58. The predicted molar refractivity (Wildman–Crippen MR) is 83.3 cm³/mol. The molecule has 1 aliphatic heterocycles. The lowest BCUT2D eigenvalue weighted by atomic mass is 9.94. The van der Waals surface area contributed by atoms with Crippen molar-refractivity contribution in [3.63, 3.8) is 0 Å². The summed E-state index contributed by atoms with van der Waals surface area (Å²) < 4.78 is 32.4. The highest BCUT2D eigenvalue weighted by molar-refractivity contribution is 7.89. The summed E-state index contributed by atoms with van der Waals surface area (Å²) >= 11 is 0. The van der Waals surface area contributed by atoms with E-state index >= 15 is 0 Å². The van der Waals surface area contributed by atoms with Gasteiger partial charge in [-0.05, 0) is 36.8 Å². The lowest BCUT2D eigenvalue weighted by Crippen LogP contribution is -2.42. The maximum Gasteiger partial charge on any atom is 0.417 e. The van der Waals surface area contributed by atoms with Crippen LogP contribution in [-0.4, -0.2) is 30.8 Å². The molecule has 1 fully saturated rings. The molecule has 1 aromatic heterocycles. The second-order valence-corrected chi connectivity index (χ2v) is 8.30. The van der Waals surface area contributed by atoms with Crippen LogP contribution in [0.4, 0.5) is 0 Å². The zero-order valence-corrected chi connectivity index (χ0v) is 13.7. The van der Waals surface area contributed by atoms with Gasteiger partial charge in [-0.2, -0.15) is 4.31 Å². The van der Waals surface area contributed by atoms with E-state index in [1.54, 1.807) is 17.3 Å². The minimum Gasteiger partial charge on any atom is -0.408 e. The highest BCUT2D eigenvalue weighted by Crippen LogP contribution is 2.29. The van der Waals surface area contributed by atoms with E-state index < -0.39 is 15.8 Å². The summed E-state index contributed by atoms with van der Waals surface area (Å²) in [6.07, 6.45) is 1.04. The van der Waals surface area contributed by atoms with Crippen LogP contribution in [0, 0.1) is 18.8 Å². The molecule has 2 unspecified atom stereocenters. The number of nitrogens with one attached hydrogen (secondary N) is 1. The Morgan fingerprint density at radius 2 is 1.86 bits per heavy atom. The summed E-state index contributed by atoms with van der Waals surface area (Å²) in [5.41, 5.74) is 1.39. The first-order valence-electron chi connectivity index (χ1n) is 7.41. The quantitative estimate of drug-likeness (QED) is 0.917. The number of hydrogen-bond donors (Lipinski definition) is 1. The van der Waals surface area contributed by atoms with Crippen LogP contribution < -0.4 is 5.76 Å². The highest BCUT2D eigenvalue weighted by atomic mass is 32.2. The smallest absolute Gasteiger partial charge is 0.408 e. The number of aryl methyl sites for hydroxylation is 1. The van der Waals surface area contributed by atoms with Gasteiger partial charge in [0.25, 0.3) is 0 Å². The van der Waals surface area contributed by atoms with Gasteiger partial charge in [0.15, 0.2) is 5.58 Å². The first kappa shape index (κ1) is 15.3. The molecule has 22 heavy (non-hydrogen) atoms. The lowest BCUT2D eigenvalue weighted by molar-refractivity contribution is 0.222. The second-order valence-electron chi connectivity index (χ2n) is 6.40. The van der Waals surface area contributed by atoms with Crippen molar-refractivity contribution in [1.29, 1.82) is 0 Å². The van der Waals surface area contributed by atoms with Gasteiger partial charge in [0.05, 0.1) is 10.4 Å². The summed E-state index contributed by atoms with van der Waals surface area (Å²) in [6, 6.07) is 3.09. The maximum atomic E-state index is 12.9. The summed E-state index contributed by atoms with van der Waals surface area (Å²) in [5.74, 6) is 0.102. The van der Waals surface area contributed by atoms with Gasteiger partial charge in [0, 0.05) is 19.2 Å². The number of H-pyrrole nitrogens is 1. The number of hydrogen-bond acceptors (Lipinski definition) is 4.